The van der Waals surface area contributed by atoms with Gasteiger partial charge in [0.05, 0.1) is 16.3 Å². The van der Waals surface area contributed by atoms with Gasteiger partial charge in [0.15, 0.2) is 0 Å². The Morgan fingerprint density at radius 3 is 2.23 bits per heavy atom. The maximum absolute atomic E-state index is 12.3. The van der Waals surface area contributed by atoms with Crippen LogP contribution in [0.1, 0.15) is 5.56 Å². The highest BCUT2D eigenvalue weighted by Crippen LogP contribution is 2.39. The quantitative estimate of drug-likeness (QED) is 0.574. The van der Waals surface area contributed by atoms with E-state index < -0.39 is 17.4 Å². The maximum Gasteiger partial charge on any atom is 0.419 e. The van der Waals surface area contributed by atoms with E-state index in [9.17, 15) is 13.2 Å². The summed E-state index contributed by atoms with van der Waals surface area (Å²) in [5.41, 5.74) is 3.94. The summed E-state index contributed by atoms with van der Waals surface area (Å²) >= 11 is 7.03. The molecule has 1 aromatic carbocycles. The van der Waals surface area contributed by atoms with Gasteiger partial charge in [-0.25, -0.2) is 0 Å². The molecule has 0 radical (unpaired) electrons. The highest BCUT2D eigenvalue weighted by molar-refractivity contribution is 14.1. The van der Waals surface area contributed by atoms with Crippen LogP contribution in [0.25, 0.3) is 0 Å². The molecular formula is C7H4ClF3IN. The molecule has 0 aliphatic carbocycles. The third-order valence-corrected chi connectivity index (χ3v) is 2.65. The van der Waals surface area contributed by atoms with Crippen LogP contribution in [0.5, 0.6) is 0 Å². The maximum atomic E-state index is 12.3. The Balaban J connectivity index is 3.43. The van der Waals surface area contributed by atoms with E-state index in [0.29, 0.717) is 0 Å². The van der Waals surface area contributed by atoms with Crippen molar-refractivity contribution in [3.63, 3.8) is 0 Å². The van der Waals surface area contributed by atoms with Gasteiger partial charge in [0.25, 0.3) is 0 Å². The minimum absolute atomic E-state index is 0.0481. The minimum Gasteiger partial charge on any atom is -0.397 e. The lowest BCUT2D eigenvalue weighted by atomic mass is 10.2. The molecule has 0 unspecified atom stereocenters. The number of nitrogens with two attached hydrogens (primary N) is 1. The standard InChI is InChI=1S/C7H4ClF3IN/c8-3-1-2-4(12)5(6(3)13)7(9,10)11/h1-2H,13H2. The first kappa shape index (κ1) is 10.9. The number of hydrogen-bond acceptors (Lipinski definition) is 1. The van der Waals surface area contributed by atoms with E-state index in [-0.39, 0.29) is 8.59 Å². The Labute approximate surface area is 91.2 Å². The first-order valence-corrected chi connectivity index (χ1v) is 4.60. The summed E-state index contributed by atoms with van der Waals surface area (Å²) in [7, 11) is 0. The van der Waals surface area contributed by atoms with Gasteiger partial charge in [-0.2, -0.15) is 13.2 Å². The summed E-state index contributed by atoms with van der Waals surface area (Å²) in [6.45, 7) is 0. The summed E-state index contributed by atoms with van der Waals surface area (Å²) < 4.78 is 37.1. The van der Waals surface area contributed by atoms with Crippen molar-refractivity contribution in [1.82, 2.24) is 0 Å². The van der Waals surface area contributed by atoms with Crippen LogP contribution in [0.2, 0.25) is 5.02 Å². The van der Waals surface area contributed by atoms with E-state index in [4.69, 9.17) is 17.3 Å². The van der Waals surface area contributed by atoms with E-state index >= 15 is 0 Å². The molecule has 1 aromatic rings. The van der Waals surface area contributed by atoms with Gasteiger partial charge in [0.2, 0.25) is 0 Å². The number of rotatable bonds is 0. The van der Waals surface area contributed by atoms with Gasteiger partial charge in [-0.05, 0) is 34.7 Å². The molecule has 0 fully saturated rings. The average Bonchev–Trinajstić information content (AvgIpc) is 1.95. The van der Waals surface area contributed by atoms with Gasteiger partial charge in [-0.1, -0.05) is 11.6 Å². The summed E-state index contributed by atoms with van der Waals surface area (Å²) in [5, 5.41) is -0.0762. The van der Waals surface area contributed by atoms with Gasteiger partial charge in [-0.15, -0.1) is 0 Å². The molecule has 1 rings (SSSR count). The van der Waals surface area contributed by atoms with Crippen LogP contribution < -0.4 is 5.73 Å². The summed E-state index contributed by atoms with van der Waals surface area (Å²) in [6.07, 6.45) is -4.45. The molecule has 0 amide bonds. The lowest BCUT2D eigenvalue weighted by Crippen LogP contribution is -2.11. The van der Waals surface area contributed by atoms with E-state index in [1.807, 2.05) is 0 Å². The second kappa shape index (κ2) is 3.53. The van der Waals surface area contributed by atoms with Crippen LogP contribution in [-0.4, -0.2) is 0 Å². The Hall–Kier alpha value is -0.170. The Kier molecular flexibility index (Phi) is 2.96. The summed E-state index contributed by atoms with van der Waals surface area (Å²) in [6, 6.07) is 2.62. The SMILES string of the molecule is Nc1c(Cl)ccc(I)c1C(F)(F)F. The number of halogens is 5. The predicted molar refractivity (Wildman–Crippen MR) is 53.6 cm³/mol. The first-order chi connectivity index (χ1) is 5.84. The Morgan fingerprint density at radius 1 is 1.31 bits per heavy atom. The summed E-state index contributed by atoms with van der Waals surface area (Å²) in [5.74, 6) is 0. The number of nitrogen functional groups attached to an aromatic ring is 1. The molecule has 0 atom stereocenters. The molecule has 6 heteroatoms. The van der Waals surface area contributed by atoms with Crippen molar-refractivity contribution in [3.8, 4) is 0 Å². The van der Waals surface area contributed by atoms with Crippen LogP contribution in [0.15, 0.2) is 12.1 Å². The van der Waals surface area contributed by atoms with E-state index in [1.165, 1.54) is 12.1 Å². The molecule has 0 bridgehead atoms. The van der Waals surface area contributed by atoms with E-state index in [2.05, 4.69) is 0 Å². The average molecular weight is 321 g/mol. The van der Waals surface area contributed by atoms with Crippen molar-refractivity contribution in [1.29, 1.82) is 0 Å². The lowest BCUT2D eigenvalue weighted by molar-refractivity contribution is -0.137. The zero-order valence-electron chi connectivity index (χ0n) is 6.12. The fraction of sp³-hybridized carbons (Fsp3) is 0.143. The third-order valence-electron chi connectivity index (χ3n) is 1.42. The molecule has 0 saturated carbocycles. The normalized spacial score (nSPS) is 11.8. The summed E-state index contributed by atoms with van der Waals surface area (Å²) in [4.78, 5) is 0. The molecule has 0 aromatic heterocycles. The molecule has 0 aliphatic rings. The number of benzene rings is 1. The number of anilines is 1. The van der Waals surface area contributed by atoms with Crippen molar-refractivity contribution in [2.45, 2.75) is 6.18 Å². The van der Waals surface area contributed by atoms with Gasteiger partial charge < -0.3 is 5.73 Å². The van der Waals surface area contributed by atoms with Crippen LogP contribution in [0, 0.1) is 3.57 Å². The monoisotopic (exact) mass is 321 g/mol. The first-order valence-electron chi connectivity index (χ1n) is 3.14. The van der Waals surface area contributed by atoms with Crippen molar-refractivity contribution >= 4 is 39.9 Å². The topological polar surface area (TPSA) is 26.0 Å². The highest BCUT2D eigenvalue weighted by Gasteiger charge is 2.36. The fourth-order valence-corrected chi connectivity index (χ4v) is 1.79. The van der Waals surface area contributed by atoms with Crippen molar-refractivity contribution in [2.75, 3.05) is 5.73 Å². The molecular weight excluding hydrogens is 317 g/mol. The smallest absolute Gasteiger partial charge is 0.397 e. The Bertz CT molecular complexity index is 337. The zero-order chi connectivity index (χ0) is 10.2. The second-order valence-corrected chi connectivity index (χ2v) is 3.89. The Morgan fingerprint density at radius 2 is 1.85 bits per heavy atom. The van der Waals surface area contributed by atoms with E-state index in [1.54, 1.807) is 22.6 Å². The van der Waals surface area contributed by atoms with Crippen molar-refractivity contribution < 1.29 is 13.2 Å². The van der Waals surface area contributed by atoms with Gasteiger partial charge in [0.1, 0.15) is 0 Å². The molecule has 13 heavy (non-hydrogen) atoms. The van der Waals surface area contributed by atoms with Crippen LogP contribution in [0.4, 0.5) is 18.9 Å². The number of alkyl halides is 3. The van der Waals surface area contributed by atoms with Crippen molar-refractivity contribution in [2.24, 2.45) is 0 Å². The highest BCUT2D eigenvalue weighted by atomic mass is 127. The van der Waals surface area contributed by atoms with Crippen molar-refractivity contribution in [3.05, 3.63) is 26.3 Å². The van der Waals surface area contributed by atoms with E-state index in [0.717, 1.165) is 0 Å². The third kappa shape index (κ3) is 2.19. The minimum atomic E-state index is -4.45. The fourth-order valence-electron chi connectivity index (χ4n) is 0.856. The van der Waals surface area contributed by atoms with Gasteiger partial charge >= 0.3 is 6.18 Å². The van der Waals surface area contributed by atoms with Crippen LogP contribution >= 0.6 is 34.2 Å². The molecule has 1 nitrogen and oxygen atoms in total. The molecule has 0 aliphatic heterocycles. The molecule has 2 N–H and O–H groups in total. The number of hydrogen-bond donors (Lipinski definition) is 1. The lowest BCUT2D eigenvalue weighted by Gasteiger charge is -2.12. The zero-order valence-corrected chi connectivity index (χ0v) is 9.04. The van der Waals surface area contributed by atoms with Gasteiger partial charge in [-0.3, -0.25) is 0 Å². The van der Waals surface area contributed by atoms with Gasteiger partial charge in [0, 0.05) is 3.57 Å². The predicted octanol–water partition coefficient (Wildman–Crippen LogP) is 3.55. The molecule has 72 valence electrons. The largest absolute Gasteiger partial charge is 0.419 e. The van der Waals surface area contributed by atoms with Crippen LogP contribution in [-0.2, 0) is 6.18 Å². The molecule has 0 heterocycles. The molecule has 0 saturated heterocycles. The molecule has 0 spiro atoms. The van der Waals surface area contributed by atoms with Crippen LogP contribution in [0.3, 0.4) is 0 Å². The second-order valence-electron chi connectivity index (χ2n) is 2.32.